The van der Waals surface area contributed by atoms with Crippen molar-refractivity contribution in [2.24, 2.45) is 5.73 Å². The molecule has 94 valence electrons. The van der Waals surface area contributed by atoms with E-state index in [4.69, 9.17) is 45.3 Å². The molecule has 2 aromatic carbocycles. The summed E-state index contributed by atoms with van der Waals surface area (Å²) in [6.45, 7) is 0.302. The SMILES string of the molecule is NCc1c(Cl)cccc1Oc1ccc(Cl)c(Cl)c1. The molecular weight excluding hydrogens is 293 g/mol. The van der Waals surface area contributed by atoms with Gasteiger partial charge in [-0.1, -0.05) is 40.9 Å². The van der Waals surface area contributed by atoms with Crippen molar-refractivity contribution in [2.75, 3.05) is 0 Å². The molecule has 0 spiro atoms. The summed E-state index contributed by atoms with van der Waals surface area (Å²) in [6.07, 6.45) is 0. The molecule has 0 bridgehead atoms. The van der Waals surface area contributed by atoms with Gasteiger partial charge in [-0.25, -0.2) is 0 Å². The van der Waals surface area contributed by atoms with Crippen LogP contribution in [-0.4, -0.2) is 0 Å². The molecular formula is C13H10Cl3NO. The fourth-order valence-corrected chi connectivity index (χ4v) is 2.03. The second-order valence-electron chi connectivity index (χ2n) is 3.60. The average Bonchev–Trinajstić information content (AvgIpc) is 2.34. The number of hydrogen-bond donors (Lipinski definition) is 1. The Bertz CT molecular complexity index is 572. The summed E-state index contributed by atoms with van der Waals surface area (Å²) in [5.74, 6) is 1.20. The molecule has 0 fully saturated rings. The molecule has 0 unspecified atom stereocenters. The Morgan fingerprint density at radius 1 is 0.944 bits per heavy atom. The summed E-state index contributed by atoms with van der Waals surface area (Å²) in [5.41, 5.74) is 6.40. The Morgan fingerprint density at radius 3 is 2.39 bits per heavy atom. The van der Waals surface area contributed by atoms with Crippen LogP contribution in [0.15, 0.2) is 36.4 Å². The largest absolute Gasteiger partial charge is 0.457 e. The van der Waals surface area contributed by atoms with Crippen LogP contribution in [0.25, 0.3) is 0 Å². The molecule has 0 saturated carbocycles. The molecule has 0 aromatic heterocycles. The molecule has 0 radical (unpaired) electrons. The predicted octanol–water partition coefficient (Wildman–Crippen LogP) is 4.90. The highest BCUT2D eigenvalue weighted by atomic mass is 35.5. The predicted molar refractivity (Wildman–Crippen MR) is 75.9 cm³/mol. The zero-order valence-electron chi connectivity index (χ0n) is 9.29. The van der Waals surface area contributed by atoms with Crippen molar-refractivity contribution in [1.29, 1.82) is 0 Å². The molecule has 2 aromatic rings. The Kier molecular flexibility index (Phi) is 4.36. The Morgan fingerprint density at radius 2 is 1.72 bits per heavy atom. The molecule has 0 atom stereocenters. The minimum atomic E-state index is 0.302. The fraction of sp³-hybridized carbons (Fsp3) is 0.0769. The van der Waals surface area contributed by atoms with Gasteiger partial charge < -0.3 is 10.5 Å². The topological polar surface area (TPSA) is 35.2 Å². The van der Waals surface area contributed by atoms with E-state index >= 15 is 0 Å². The molecule has 0 heterocycles. The lowest BCUT2D eigenvalue weighted by Gasteiger charge is -2.11. The van der Waals surface area contributed by atoms with Gasteiger partial charge in [0.2, 0.25) is 0 Å². The number of benzene rings is 2. The zero-order valence-corrected chi connectivity index (χ0v) is 11.6. The lowest BCUT2D eigenvalue weighted by molar-refractivity contribution is 0.476. The first-order valence-corrected chi connectivity index (χ1v) is 6.35. The van der Waals surface area contributed by atoms with Crippen LogP contribution < -0.4 is 10.5 Å². The zero-order chi connectivity index (χ0) is 13.1. The molecule has 0 aliphatic heterocycles. The second kappa shape index (κ2) is 5.81. The van der Waals surface area contributed by atoms with E-state index in [0.29, 0.717) is 33.1 Å². The maximum atomic E-state index is 6.05. The third kappa shape index (κ3) is 2.90. The smallest absolute Gasteiger partial charge is 0.133 e. The highest BCUT2D eigenvalue weighted by Crippen LogP contribution is 2.33. The van der Waals surface area contributed by atoms with Crippen molar-refractivity contribution >= 4 is 34.8 Å². The van der Waals surface area contributed by atoms with E-state index in [1.807, 2.05) is 0 Å². The van der Waals surface area contributed by atoms with Crippen LogP contribution in [-0.2, 0) is 6.54 Å². The normalized spacial score (nSPS) is 10.4. The molecule has 0 amide bonds. The van der Waals surface area contributed by atoms with Crippen LogP contribution in [0.1, 0.15) is 5.56 Å². The lowest BCUT2D eigenvalue weighted by Crippen LogP contribution is -2.00. The van der Waals surface area contributed by atoms with Gasteiger partial charge in [-0.2, -0.15) is 0 Å². The lowest BCUT2D eigenvalue weighted by atomic mass is 10.2. The van der Waals surface area contributed by atoms with Crippen molar-refractivity contribution in [1.82, 2.24) is 0 Å². The Hall–Kier alpha value is -0.930. The first kappa shape index (κ1) is 13.5. The van der Waals surface area contributed by atoms with Gasteiger partial charge in [0.05, 0.1) is 10.0 Å². The number of halogens is 3. The molecule has 0 saturated heterocycles. The standard InChI is InChI=1S/C13H10Cl3NO/c14-10-2-1-3-13(9(10)7-17)18-8-4-5-11(15)12(16)6-8/h1-6H,7,17H2. The monoisotopic (exact) mass is 301 g/mol. The molecule has 2 N–H and O–H groups in total. The average molecular weight is 303 g/mol. The number of hydrogen-bond acceptors (Lipinski definition) is 2. The number of ether oxygens (including phenoxy) is 1. The summed E-state index contributed by atoms with van der Waals surface area (Å²) >= 11 is 17.8. The molecule has 18 heavy (non-hydrogen) atoms. The molecule has 2 rings (SSSR count). The van der Waals surface area contributed by atoms with Crippen LogP contribution in [0.3, 0.4) is 0 Å². The number of rotatable bonds is 3. The van der Waals surface area contributed by atoms with Crippen LogP contribution >= 0.6 is 34.8 Å². The summed E-state index contributed by atoms with van der Waals surface area (Å²) in [7, 11) is 0. The van der Waals surface area contributed by atoms with Crippen LogP contribution in [0, 0.1) is 0 Å². The summed E-state index contributed by atoms with van der Waals surface area (Å²) in [5, 5.41) is 1.50. The van der Waals surface area contributed by atoms with Crippen LogP contribution in [0.2, 0.25) is 15.1 Å². The third-order valence-electron chi connectivity index (χ3n) is 2.40. The van der Waals surface area contributed by atoms with E-state index in [0.717, 1.165) is 5.56 Å². The van der Waals surface area contributed by atoms with E-state index in [2.05, 4.69) is 0 Å². The molecule has 5 heteroatoms. The van der Waals surface area contributed by atoms with Gasteiger partial charge in [-0.05, 0) is 24.3 Å². The minimum Gasteiger partial charge on any atom is -0.457 e. The third-order valence-corrected chi connectivity index (χ3v) is 3.49. The quantitative estimate of drug-likeness (QED) is 0.875. The van der Waals surface area contributed by atoms with Gasteiger partial charge in [0.15, 0.2) is 0 Å². The van der Waals surface area contributed by atoms with Gasteiger partial charge in [-0.3, -0.25) is 0 Å². The summed E-state index contributed by atoms with van der Waals surface area (Å²) in [4.78, 5) is 0. The van der Waals surface area contributed by atoms with Gasteiger partial charge >= 0.3 is 0 Å². The van der Waals surface area contributed by atoms with Gasteiger partial charge in [-0.15, -0.1) is 0 Å². The first-order chi connectivity index (χ1) is 8.61. The maximum absolute atomic E-state index is 6.05. The van der Waals surface area contributed by atoms with Crippen molar-refractivity contribution in [3.8, 4) is 11.5 Å². The maximum Gasteiger partial charge on any atom is 0.133 e. The van der Waals surface area contributed by atoms with E-state index in [1.54, 1.807) is 36.4 Å². The number of nitrogens with two attached hydrogens (primary N) is 1. The highest BCUT2D eigenvalue weighted by molar-refractivity contribution is 6.42. The first-order valence-electron chi connectivity index (χ1n) is 5.22. The van der Waals surface area contributed by atoms with Crippen LogP contribution in [0.4, 0.5) is 0 Å². The summed E-state index contributed by atoms with van der Waals surface area (Å²) < 4.78 is 5.71. The van der Waals surface area contributed by atoms with Crippen molar-refractivity contribution in [3.05, 3.63) is 57.0 Å². The van der Waals surface area contributed by atoms with Gasteiger partial charge in [0.1, 0.15) is 11.5 Å². The van der Waals surface area contributed by atoms with Crippen molar-refractivity contribution in [3.63, 3.8) is 0 Å². The highest BCUT2D eigenvalue weighted by Gasteiger charge is 2.08. The second-order valence-corrected chi connectivity index (χ2v) is 4.82. The van der Waals surface area contributed by atoms with E-state index in [1.165, 1.54) is 0 Å². The van der Waals surface area contributed by atoms with Gasteiger partial charge in [0.25, 0.3) is 0 Å². The van der Waals surface area contributed by atoms with E-state index in [9.17, 15) is 0 Å². The van der Waals surface area contributed by atoms with Crippen molar-refractivity contribution < 1.29 is 4.74 Å². The molecule has 0 aliphatic carbocycles. The Labute approximate surface area is 120 Å². The minimum absolute atomic E-state index is 0.302. The molecule has 2 nitrogen and oxygen atoms in total. The Balaban J connectivity index is 2.34. The van der Waals surface area contributed by atoms with Crippen LogP contribution in [0.5, 0.6) is 11.5 Å². The van der Waals surface area contributed by atoms with E-state index < -0.39 is 0 Å². The van der Waals surface area contributed by atoms with Gasteiger partial charge in [0, 0.05) is 23.2 Å². The molecule has 0 aliphatic rings. The fourth-order valence-electron chi connectivity index (χ4n) is 1.50. The summed E-state index contributed by atoms with van der Waals surface area (Å²) in [6, 6.07) is 10.4. The van der Waals surface area contributed by atoms with Crippen molar-refractivity contribution in [2.45, 2.75) is 6.54 Å². The van der Waals surface area contributed by atoms with E-state index in [-0.39, 0.29) is 0 Å².